The highest BCUT2D eigenvalue weighted by molar-refractivity contribution is 7.92. The van der Waals surface area contributed by atoms with Crippen LogP contribution in [0, 0.1) is 0 Å². The van der Waals surface area contributed by atoms with Crippen molar-refractivity contribution in [3.8, 4) is 0 Å². The molecule has 126 valence electrons. The molecule has 0 aliphatic rings. The van der Waals surface area contributed by atoms with Crippen molar-refractivity contribution in [1.82, 2.24) is 9.97 Å². The van der Waals surface area contributed by atoms with Crippen molar-refractivity contribution >= 4 is 26.7 Å². The van der Waals surface area contributed by atoms with E-state index in [4.69, 9.17) is 0 Å². The normalized spacial score (nSPS) is 13.1. The fourth-order valence-electron chi connectivity index (χ4n) is 2.62. The predicted octanol–water partition coefficient (Wildman–Crippen LogP) is 3.17. The van der Waals surface area contributed by atoms with Crippen LogP contribution in [-0.4, -0.2) is 18.4 Å². The van der Waals surface area contributed by atoms with E-state index in [1.165, 1.54) is 12.1 Å². The number of fused-ring (bicyclic) bond motifs is 1. The lowest BCUT2D eigenvalue weighted by molar-refractivity contribution is 0.601. The van der Waals surface area contributed by atoms with Gasteiger partial charge < -0.3 is 9.97 Å². The highest BCUT2D eigenvalue weighted by atomic mass is 32.2. The molecule has 0 spiro atoms. The minimum atomic E-state index is -3.75. The summed E-state index contributed by atoms with van der Waals surface area (Å²) in [7, 11) is -3.75. The van der Waals surface area contributed by atoms with Crippen LogP contribution in [0.4, 0.5) is 5.69 Å². The summed E-state index contributed by atoms with van der Waals surface area (Å²) < 4.78 is 28.1. The summed E-state index contributed by atoms with van der Waals surface area (Å²) in [5.74, 6) is 0.243. The van der Waals surface area contributed by atoms with Crippen molar-refractivity contribution in [2.75, 3.05) is 4.72 Å². The van der Waals surface area contributed by atoms with Crippen molar-refractivity contribution in [2.24, 2.45) is 0 Å². The molecule has 2 aromatic carbocycles. The summed E-state index contributed by atoms with van der Waals surface area (Å²) >= 11 is 0. The van der Waals surface area contributed by atoms with Gasteiger partial charge in [0.05, 0.1) is 21.6 Å². The first-order chi connectivity index (χ1) is 11.4. The van der Waals surface area contributed by atoms with Gasteiger partial charge in [-0.3, -0.25) is 4.72 Å². The quantitative estimate of drug-likeness (QED) is 0.663. The Morgan fingerprint density at radius 3 is 2.54 bits per heavy atom. The maximum Gasteiger partial charge on any atom is 0.323 e. The summed E-state index contributed by atoms with van der Waals surface area (Å²) in [6, 6.07) is 11.9. The van der Waals surface area contributed by atoms with Crippen LogP contribution in [0.3, 0.4) is 0 Å². The van der Waals surface area contributed by atoms with Crippen molar-refractivity contribution in [1.29, 1.82) is 0 Å². The molecule has 1 heterocycles. The number of rotatable bonds is 5. The first-order valence-electron chi connectivity index (χ1n) is 7.74. The Morgan fingerprint density at radius 1 is 1.08 bits per heavy atom. The third-order valence-electron chi connectivity index (χ3n) is 4.15. The van der Waals surface area contributed by atoms with Crippen LogP contribution in [0.2, 0.25) is 0 Å². The minimum Gasteiger partial charge on any atom is -0.306 e. The number of aromatic amines is 2. The molecule has 3 aromatic rings. The fraction of sp³-hybridized carbons (Fsp3) is 0.235. The third-order valence-corrected chi connectivity index (χ3v) is 5.51. The Hall–Kier alpha value is -2.54. The van der Waals surface area contributed by atoms with Gasteiger partial charge in [0.15, 0.2) is 0 Å². The third kappa shape index (κ3) is 3.07. The van der Waals surface area contributed by atoms with E-state index in [9.17, 15) is 13.2 Å². The lowest BCUT2D eigenvalue weighted by Crippen LogP contribution is -2.14. The fourth-order valence-corrected chi connectivity index (χ4v) is 3.74. The molecule has 0 saturated carbocycles. The average molecular weight is 345 g/mol. The number of H-pyrrole nitrogens is 2. The summed E-state index contributed by atoms with van der Waals surface area (Å²) in [5.41, 5.74) is 2.20. The molecule has 0 aliphatic heterocycles. The smallest absolute Gasteiger partial charge is 0.306 e. The second-order valence-corrected chi connectivity index (χ2v) is 7.47. The minimum absolute atomic E-state index is 0.101. The van der Waals surface area contributed by atoms with E-state index in [-0.39, 0.29) is 16.5 Å². The van der Waals surface area contributed by atoms with Gasteiger partial charge >= 0.3 is 5.69 Å². The molecule has 0 saturated heterocycles. The van der Waals surface area contributed by atoms with Crippen LogP contribution in [0.15, 0.2) is 52.2 Å². The van der Waals surface area contributed by atoms with Gasteiger partial charge in [0, 0.05) is 0 Å². The van der Waals surface area contributed by atoms with E-state index in [0.717, 1.165) is 12.0 Å². The van der Waals surface area contributed by atoms with E-state index in [1.54, 1.807) is 18.2 Å². The van der Waals surface area contributed by atoms with Crippen LogP contribution in [0.25, 0.3) is 11.0 Å². The number of aromatic nitrogens is 2. The molecule has 0 radical (unpaired) electrons. The van der Waals surface area contributed by atoms with Crippen molar-refractivity contribution in [3.63, 3.8) is 0 Å². The van der Waals surface area contributed by atoms with E-state index in [0.29, 0.717) is 16.7 Å². The number of nitrogens with one attached hydrogen (secondary N) is 3. The molecule has 3 N–H and O–H groups in total. The number of anilines is 1. The molecule has 0 bridgehead atoms. The second-order valence-electron chi connectivity index (χ2n) is 5.79. The Kier molecular flexibility index (Phi) is 4.19. The molecular formula is C17H19N3O3S. The zero-order valence-corrected chi connectivity index (χ0v) is 14.3. The maximum absolute atomic E-state index is 12.7. The number of hydrogen-bond donors (Lipinski definition) is 3. The van der Waals surface area contributed by atoms with Crippen molar-refractivity contribution in [3.05, 3.63) is 58.5 Å². The summed E-state index contributed by atoms with van der Waals surface area (Å²) in [6.07, 6.45) is 0.912. The van der Waals surface area contributed by atoms with Crippen LogP contribution in [-0.2, 0) is 10.0 Å². The molecule has 0 fully saturated rings. The molecule has 1 aromatic heterocycles. The van der Waals surface area contributed by atoms with Crippen molar-refractivity contribution < 1.29 is 8.42 Å². The first-order valence-corrected chi connectivity index (χ1v) is 9.23. The Morgan fingerprint density at radius 2 is 1.79 bits per heavy atom. The van der Waals surface area contributed by atoms with Gasteiger partial charge in [-0.15, -0.1) is 0 Å². The second kappa shape index (κ2) is 6.16. The zero-order chi connectivity index (χ0) is 17.3. The molecule has 0 aliphatic carbocycles. The molecule has 3 rings (SSSR count). The number of hydrogen-bond acceptors (Lipinski definition) is 3. The molecule has 0 unspecified atom stereocenters. The highest BCUT2D eigenvalue weighted by Crippen LogP contribution is 2.28. The molecular weight excluding hydrogens is 326 g/mol. The van der Waals surface area contributed by atoms with Crippen LogP contribution in [0.5, 0.6) is 0 Å². The SMILES string of the molecule is CC[C@@H](C)c1ccccc1NS(=O)(=O)c1ccc2[nH]c(=O)[nH]c2c1. The zero-order valence-electron chi connectivity index (χ0n) is 13.5. The highest BCUT2D eigenvalue weighted by Gasteiger charge is 2.18. The summed E-state index contributed by atoms with van der Waals surface area (Å²) in [6.45, 7) is 4.12. The standard InChI is InChI=1S/C17H19N3O3S/c1-3-11(2)13-6-4-5-7-14(13)20-24(22,23)12-8-9-15-16(10-12)19-17(21)18-15/h4-11,20H,3H2,1-2H3,(H2,18,19,21)/t11-/m1/s1. The monoisotopic (exact) mass is 345 g/mol. The van der Waals surface area contributed by atoms with Crippen LogP contribution in [0.1, 0.15) is 31.7 Å². The Bertz CT molecular complexity index is 1030. The van der Waals surface area contributed by atoms with Gasteiger partial charge in [0.2, 0.25) is 0 Å². The predicted molar refractivity (Wildman–Crippen MR) is 94.9 cm³/mol. The summed E-state index contributed by atoms with van der Waals surface area (Å²) in [4.78, 5) is 16.6. The number of imidazole rings is 1. The number of benzene rings is 2. The van der Waals surface area contributed by atoms with Crippen LogP contribution >= 0.6 is 0 Å². The molecule has 6 nitrogen and oxygen atoms in total. The van der Waals surface area contributed by atoms with Crippen LogP contribution < -0.4 is 10.4 Å². The summed E-state index contributed by atoms with van der Waals surface area (Å²) in [5, 5.41) is 0. The van der Waals surface area contributed by atoms with Gasteiger partial charge in [-0.2, -0.15) is 0 Å². The largest absolute Gasteiger partial charge is 0.323 e. The van der Waals surface area contributed by atoms with Gasteiger partial charge in [-0.25, -0.2) is 13.2 Å². The van der Waals surface area contributed by atoms with Gasteiger partial charge in [-0.1, -0.05) is 32.0 Å². The maximum atomic E-state index is 12.7. The lowest BCUT2D eigenvalue weighted by atomic mass is 9.97. The van der Waals surface area contributed by atoms with Gasteiger partial charge in [0.1, 0.15) is 0 Å². The van der Waals surface area contributed by atoms with Crippen molar-refractivity contribution in [2.45, 2.75) is 31.1 Å². The molecule has 24 heavy (non-hydrogen) atoms. The lowest BCUT2D eigenvalue weighted by Gasteiger charge is -2.16. The molecule has 1 atom stereocenters. The van der Waals surface area contributed by atoms with Gasteiger partial charge in [-0.05, 0) is 42.2 Å². The number of sulfonamides is 1. The molecule has 7 heteroatoms. The Balaban J connectivity index is 2.00. The van der Waals surface area contributed by atoms with E-state index in [2.05, 4.69) is 28.5 Å². The Labute approximate surface area is 140 Å². The molecule has 0 amide bonds. The number of para-hydroxylation sites is 1. The van der Waals surface area contributed by atoms with E-state index in [1.807, 2.05) is 12.1 Å². The first kappa shape index (κ1) is 16.3. The topological polar surface area (TPSA) is 94.8 Å². The van der Waals surface area contributed by atoms with Gasteiger partial charge in [0.25, 0.3) is 10.0 Å². The average Bonchev–Trinajstić information content (AvgIpc) is 2.93. The van der Waals surface area contributed by atoms with E-state index >= 15 is 0 Å². The van der Waals surface area contributed by atoms with E-state index < -0.39 is 10.0 Å².